The molecule has 0 radical (unpaired) electrons. The van der Waals surface area contributed by atoms with E-state index in [2.05, 4.69) is 0 Å². The van der Waals surface area contributed by atoms with Crippen molar-refractivity contribution in [1.82, 2.24) is 9.80 Å². The smallest absolute Gasteiger partial charge is 0.254 e. The van der Waals surface area contributed by atoms with E-state index in [-0.39, 0.29) is 24.0 Å². The van der Waals surface area contributed by atoms with Crippen LogP contribution in [0.4, 0.5) is 0 Å². The van der Waals surface area contributed by atoms with Gasteiger partial charge in [0.25, 0.3) is 5.91 Å². The van der Waals surface area contributed by atoms with Crippen LogP contribution in [0.5, 0.6) is 5.75 Å². The molecule has 28 heavy (non-hydrogen) atoms. The molecule has 2 aromatic rings. The van der Waals surface area contributed by atoms with Crippen molar-refractivity contribution in [3.05, 3.63) is 65.7 Å². The van der Waals surface area contributed by atoms with Crippen LogP contribution in [0.15, 0.2) is 54.6 Å². The number of likely N-dealkylation sites (tertiary alicyclic amines) is 1. The van der Waals surface area contributed by atoms with Crippen molar-refractivity contribution in [2.75, 3.05) is 20.2 Å². The summed E-state index contributed by atoms with van der Waals surface area (Å²) in [6.45, 7) is 1.13. The van der Waals surface area contributed by atoms with Gasteiger partial charge in [-0.05, 0) is 29.8 Å². The van der Waals surface area contributed by atoms with Crippen molar-refractivity contribution < 1.29 is 19.1 Å². The predicted octanol–water partition coefficient (Wildman–Crippen LogP) is 2.61. The average molecular weight is 378 g/mol. The second kappa shape index (κ2) is 6.34. The minimum absolute atomic E-state index is 0.0639. The summed E-state index contributed by atoms with van der Waals surface area (Å²) < 4.78 is 11.7. The van der Waals surface area contributed by atoms with Gasteiger partial charge in [-0.1, -0.05) is 30.3 Å². The van der Waals surface area contributed by atoms with Crippen LogP contribution in [0.3, 0.4) is 0 Å². The van der Waals surface area contributed by atoms with Crippen molar-refractivity contribution in [3.8, 4) is 5.75 Å². The third-order valence-corrected chi connectivity index (χ3v) is 6.20. The summed E-state index contributed by atoms with van der Waals surface area (Å²) in [4.78, 5) is 29.5. The third kappa shape index (κ3) is 2.44. The second-order valence-corrected chi connectivity index (χ2v) is 7.56. The molecule has 0 aromatic heterocycles. The average Bonchev–Trinajstić information content (AvgIpc) is 3.37. The first-order chi connectivity index (χ1) is 13.6. The van der Waals surface area contributed by atoms with Crippen molar-refractivity contribution in [2.24, 2.45) is 0 Å². The zero-order chi connectivity index (χ0) is 19.3. The van der Waals surface area contributed by atoms with E-state index in [1.165, 1.54) is 0 Å². The van der Waals surface area contributed by atoms with Crippen molar-refractivity contribution >= 4 is 11.8 Å². The molecule has 2 aromatic carbocycles. The molecule has 3 fully saturated rings. The van der Waals surface area contributed by atoms with Crippen molar-refractivity contribution in [3.63, 3.8) is 0 Å². The van der Waals surface area contributed by atoms with Crippen LogP contribution in [0.25, 0.3) is 0 Å². The summed E-state index contributed by atoms with van der Waals surface area (Å²) in [5.74, 6) is 0.711. The van der Waals surface area contributed by atoms with E-state index in [4.69, 9.17) is 9.47 Å². The van der Waals surface area contributed by atoms with Gasteiger partial charge in [0.15, 0.2) is 5.72 Å². The predicted molar refractivity (Wildman–Crippen MR) is 102 cm³/mol. The standard InChI is InChI=1S/C22H22N2O4/c1-27-17-9-7-16(8-10-17)21(26)23-12-11-22-19(23)13-20(25)24(22)14-18(28-22)15-5-3-2-4-6-15/h2-10,18-19H,11-14H2,1H3/t18-,19-,22+/m1/s1. The number of hydrogen-bond donors (Lipinski definition) is 0. The number of carbonyl (C=O) groups is 2. The van der Waals surface area contributed by atoms with Gasteiger partial charge in [0.05, 0.1) is 26.1 Å². The number of methoxy groups -OCH3 is 1. The lowest BCUT2D eigenvalue weighted by Crippen LogP contribution is -2.48. The second-order valence-electron chi connectivity index (χ2n) is 7.56. The maximum absolute atomic E-state index is 13.1. The Bertz CT molecular complexity index is 914. The summed E-state index contributed by atoms with van der Waals surface area (Å²) in [6.07, 6.45) is 0.821. The Morgan fingerprint density at radius 3 is 2.61 bits per heavy atom. The molecule has 0 N–H and O–H groups in total. The van der Waals surface area contributed by atoms with E-state index in [1.54, 1.807) is 31.4 Å². The van der Waals surface area contributed by atoms with Crippen LogP contribution in [0, 0.1) is 0 Å². The van der Waals surface area contributed by atoms with Gasteiger partial charge >= 0.3 is 0 Å². The largest absolute Gasteiger partial charge is 0.497 e. The molecule has 144 valence electrons. The van der Waals surface area contributed by atoms with E-state index in [9.17, 15) is 9.59 Å². The minimum Gasteiger partial charge on any atom is -0.497 e. The summed E-state index contributed by atoms with van der Waals surface area (Å²) >= 11 is 0. The van der Waals surface area contributed by atoms with Gasteiger partial charge in [-0.2, -0.15) is 0 Å². The number of benzene rings is 2. The molecule has 0 unspecified atom stereocenters. The Morgan fingerprint density at radius 1 is 1.14 bits per heavy atom. The van der Waals surface area contributed by atoms with E-state index in [0.29, 0.717) is 37.2 Å². The highest BCUT2D eigenvalue weighted by atomic mass is 16.5. The molecular formula is C22H22N2O4. The highest BCUT2D eigenvalue weighted by molar-refractivity contribution is 5.96. The summed E-state index contributed by atoms with van der Waals surface area (Å²) in [6, 6.07) is 16.8. The first-order valence-corrected chi connectivity index (χ1v) is 9.60. The lowest BCUT2D eigenvalue weighted by atomic mass is 10.1. The zero-order valence-electron chi connectivity index (χ0n) is 15.7. The Labute approximate surface area is 163 Å². The Kier molecular flexibility index (Phi) is 3.91. The molecule has 0 bridgehead atoms. The number of carbonyl (C=O) groups excluding carboxylic acids is 2. The number of rotatable bonds is 3. The maximum atomic E-state index is 13.1. The summed E-state index contributed by atoms with van der Waals surface area (Å²) in [5.41, 5.74) is 0.971. The number of amides is 2. The SMILES string of the molecule is COc1ccc(C(=O)N2CC[C@@]34O[C@@H](c5ccccc5)CN3C(=O)C[C@@H]24)cc1. The van der Waals surface area contributed by atoms with Crippen LogP contribution in [-0.4, -0.2) is 53.6 Å². The molecule has 2 amide bonds. The molecular weight excluding hydrogens is 356 g/mol. The number of hydrogen-bond acceptors (Lipinski definition) is 4. The molecule has 5 rings (SSSR count). The van der Waals surface area contributed by atoms with Gasteiger partial charge in [-0.15, -0.1) is 0 Å². The topological polar surface area (TPSA) is 59.1 Å². The molecule has 1 spiro atoms. The fourth-order valence-corrected chi connectivity index (χ4v) is 4.81. The molecule has 6 heteroatoms. The molecule has 0 saturated carbocycles. The van der Waals surface area contributed by atoms with Crippen molar-refractivity contribution in [2.45, 2.75) is 30.7 Å². The Balaban J connectivity index is 1.42. The molecule has 3 heterocycles. The fraction of sp³-hybridized carbons (Fsp3) is 0.364. The van der Waals surface area contributed by atoms with Gasteiger partial charge in [0.1, 0.15) is 11.9 Å². The van der Waals surface area contributed by atoms with E-state index in [0.717, 1.165) is 5.56 Å². The fourth-order valence-electron chi connectivity index (χ4n) is 4.81. The third-order valence-electron chi connectivity index (χ3n) is 6.20. The first kappa shape index (κ1) is 17.3. The van der Waals surface area contributed by atoms with Gasteiger partial charge in [-0.25, -0.2) is 0 Å². The quantitative estimate of drug-likeness (QED) is 0.824. The van der Waals surface area contributed by atoms with Crippen LogP contribution in [-0.2, 0) is 9.53 Å². The minimum atomic E-state index is -0.695. The highest BCUT2D eigenvalue weighted by Crippen LogP contribution is 2.50. The Hall–Kier alpha value is -2.86. The van der Waals surface area contributed by atoms with E-state index < -0.39 is 5.72 Å². The highest BCUT2D eigenvalue weighted by Gasteiger charge is 2.64. The van der Waals surface area contributed by atoms with Crippen LogP contribution in [0.2, 0.25) is 0 Å². The molecule has 3 aliphatic rings. The normalized spacial score (nSPS) is 28.4. The van der Waals surface area contributed by atoms with E-state index in [1.807, 2.05) is 40.1 Å². The molecule has 3 atom stereocenters. The molecule has 3 aliphatic heterocycles. The van der Waals surface area contributed by atoms with Gasteiger partial charge in [0.2, 0.25) is 5.91 Å². The van der Waals surface area contributed by atoms with Crippen LogP contribution >= 0.6 is 0 Å². The zero-order valence-corrected chi connectivity index (χ0v) is 15.7. The van der Waals surface area contributed by atoms with Crippen molar-refractivity contribution in [1.29, 1.82) is 0 Å². The lowest BCUT2D eigenvalue weighted by molar-refractivity contribution is -0.138. The van der Waals surface area contributed by atoms with Gasteiger partial charge in [0, 0.05) is 18.5 Å². The first-order valence-electron chi connectivity index (χ1n) is 9.60. The Morgan fingerprint density at radius 2 is 1.89 bits per heavy atom. The monoisotopic (exact) mass is 378 g/mol. The summed E-state index contributed by atoms with van der Waals surface area (Å²) in [7, 11) is 1.60. The lowest BCUT2D eigenvalue weighted by Gasteiger charge is -2.32. The number of ether oxygens (including phenoxy) is 2. The molecule has 3 saturated heterocycles. The molecule has 0 aliphatic carbocycles. The van der Waals surface area contributed by atoms with Crippen LogP contribution in [0.1, 0.15) is 34.9 Å². The summed E-state index contributed by atoms with van der Waals surface area (Å²) in [5, 5.41) is 0. The van der Waals surface area contributed by atoms with Gasteiger partial charge in [-0.3, -0.25) is 9.59 Å². The molecule has 6 nitrogen and oxygen atoms in total. The van der Waals surface area contributed by atoms with E-state index >= 15 is 0 Å². The van der Waals surface area contributed by atoms with Gasteiger partial charge < -0.3 is 19.3 Å². The number of nitrogens with zero attached hydrogens (tertiary/aromatic N) is 2. The van der Waals surface area contributed by atoms with Crippen LogP contribution < -0.4 is 4.74 Å². The maximum Gasteiger partial charge on any atom is 0.254 e.